The maximum absolute atomic E-state index is 6.07. The molecular formula is C36H44N2O2. The molecule has 0 amide bonds. The van der Waals surface area contributed by atoms with E-state index in [0.717, 1.165) is 17.9 Å². The molecule has 0 saturated carbocycles. The van der Waals surface area contributed by atoms with E-state index in [9.17, 15) is 0 Å². The lowest BCUT2D eigenvalue weighted by Crippen LogP contribution is -2.02. The molecule has 4 N–H and O–H groups in total. The van der Waals surface area contributed by atoms with Crippen molar-refractivity contribution in [2.75, 3.05) is 11.5 Å². The van der Waals surface area contributed by atoms with E-state index in [2.05, 4.69) is 31.2 Å². The molecule has 0 radical (unpaired) electrons. The maximum Gasteiger partial charge on any atom is 0.150 e. The molecule has 4 aromatic rings. The number of unbranched alkanes of at least 4 members (excludes halogenated alkanes) is 8. The van der Waals surface area contributed by atoms with Gasteiger partial charge in [0.2, 0.25) is 0 Å². The lowest BCUT2D eigenvalue weighted by Gasteiger charge is -2.19. The van der Waals surface area contributed by atoms with Crippen LogP contribution in [0.15, 0.2) is 97.1 Å². The summed E-state index contributed by atoms with van der Waals surface area (Å²) in [5.41, 5.74) is 16.0. The molecule has 0 unspecified atom stereocenters. The van der Waals surface area contributed by atoms with Crippen LogP contribution in [-0.2, 0) is 0 Å². The van der Waals surface area contributed by atoms with Gasteiger partial charge < -0.3 is 20.9 Å². The van der Waals surface area contributed by atoms with Crippen LogP contribution in [0.1, 0.15) is 88.2 Å². The first-order valence-corrected chi connectivity index (χ1v) is 14.9. The molecule has 40 heavy (non-hydrogen) atoms. The van der Waals surface area contributed by atoms with E-state index >= 15 is 0 Å². The predicted molar refractivity (Wildman–Crippen MR) is 168 cm³/mol. The zero-order chi connectivity index (χ0) is 28.0. The van der Waals surface area contributed by atoms with E-state index in [0.29, 0.717) is 28.8 Å². The Morgan fingerprint density at radius 3 is 1.32 bits per heavy atom. The maximum atomic E-state index is 6.07. The normalized spacial score (nSPS) is 11.1. The summed E-state index contributed by atoms with van der Waals surface area (Å²) in [5.74, 6) is 3.23. The fraction of sp³-hybridized carbons (Fsp3) is 0.333. The van der Waals surface area contributed by atoms with Gasteiger partial charge in [-0.1, -0.05) is 113 Å². The van der Waals surface area contributed by atoms with Crippen LogP contribution < -0.4 is 20.9 Å². The Kier molecular flexibility index (Phi) is 11.3. The molecule has 210 valence electrons. The lowest BCUT2D eigenvalue weighted by atomic mass is 9.86. The highest BCUT2D eigenvalue weighted by Gasteiger charge is 2.15. The molecule has 4 heteroatoms. The summed E-state index contributed by atoms with van der Waals surface area (Å²) in [6, 6.07) is 32.1. The van der Waals surface area contributed by atoms with Crippen molar-refractivity contribution >= 4 is 11.4 Å². The van der Waals surface area contributed by atoms with Gasteiger partial charge in [0.15, 0.2) is 0 Å². The molecule has 0 atom stereocenters. The second-order valence-electron chi connectivity index (χ2n) is 10.6. The van der Waals surface area contributed by atoms with E-state index in [-0.39, 0.29) is 0 Å². The average molecular weight is 537 g/mol. The molecule has 0 aromatic heterocycles. The third-order valence-electron chi connectivity index (χ3n) is 7.45. The highest BCUT2D eigenvalue weighted by atomic mass is 16.5. The van der Waals surface area contributed by atoms with E-state index < -0.39 is 0 Å². The van der Waals surface area contributed by atoms with Gasteiger partial charge in [-0.2, -0.15) is 0 Å². The van der Waals surface area contributed by atoms with Crippen LogP contribution in [0.25, 0.3) is 0 Å². The number of para-hydroxylation sites is 4. The van der Waals surface area contributed by atoms with Crippen molar-refractivity contribution in [1.82, 2.24) is 0 Å². The van der Waals surface area contributed by atoms with Gasteiger partial charge in [0, 0.05) is 5.92 Å². The summed E-state index contributed by atoms with van der Waals surface area (Å²) in [6.07, 6.45) is 13.0. The van der Waals surface area contributed by atoms with E-state index in [1.54, 1.807) is 0 Å². The summed E-state index contributed by atoms with van der Waals surface area (Å²) in [6.45, 7) is 2.27. The summed E-state index contributed by atoms with van der Waals surface area (Å²) >= 11 is 0. The number of benzene rings is 4. The SMILES string of the molecule is CCCCCCCCCCCC(c1ccc(Oc2ccccc2N)cc1)c1ccc(Oc2ccccc2N)cc1. The molecule has 4 nitrogen and oxygen atoms in total. The Labute approximate surface area is 240 Å². The van der Waals surface area contributed by atoms with Crippen LogP contribution in [-0.4, -0.2) is 0 Å². The second kappa shape index (κ2) is 15.6. The number of ether oxygens (including phenoxy) is 2. The van der Waals surface area contributed by atoms with Crippen LogP contribution in [0.5, 0.6) is 23.0 Å². The fourth-order valence-corrected chi connectivity index (χ4v) is 5.12. The molecule has 0 aliphatic rings. The Hall–Kier alpha value is -3.92. The van der Waals surface area contributed by atoms with Gasteiger partial charge in [-0.3, -0.25) is 0 Å². The zero-order valence-corrected chi connectivity index (χ0v) is 23.9. The Morgan fingerprint density at radius 2 is 0.900 bits per heavy atom. The van der Waals surface area contributed by atoms with Crippen molar-refractivity contribution < 1.29 is 9.47 Å². The van der Waals surface area contributed by atoms with Crippen molar-refractivity contribution in [1.29, 1.82) is 0 Å². The molecular weight excluding hydrogens is 492 g/mol. The minimum Gasteiger partial charge on any atom is -0.455 e. The molecule has 0 heterocycles. The molecule has 0 spiro atoms. The Bertz CT molecular complexity index is 1190. The minimum absolute atomic E-state index is 0.302. The summed E-state index contributed by atoms with van der Waals surface area (Å²) < 4.78 is 12.1. The van der Waals surface area contributed by atoms with Gasteiger partial charge in [-0.05, 0) is 66.1 Å². The third-order valence-corrected chi connectivity index (χ3v) is 7.45. The molecule has 0 aliphatic carbocycles. The molecule has 0 fully saturated rings. The molecule has 0 bridgehead atoms. The first-order valence-electron chi connectivity index (χ1n) is 14.9. The van der Waals surface area contributed by atoms with Gasteiger partial charge >= 0.3 is 0 Å². The third kappa shape index (κ3) is 8.81. The van der Waals surface area contributed by atoms with Gasteiger partial charge in [0.05, 0.1) is 11.4 Å². The summed E-state index contributed by atoms with van der Waals surface area (Å²) in [7, 11) is 0. The van der Waals surface area contributed by atoms with Crippen LogP contribution in [0.4, 0.5) is 11.4 Å². The van der Waals surface area contributed by atoms with Gasteiger partial charge in [-0.15, -0.1) is 0 Å². The van der Waals surface area contributed by atoms with Crippen molar-refractivity contribution in [2.24, 2.45) is 0 Å². The molecule has 4 rings (SSSR count). The number of hydrogen-bond acceptors (Lipinski definition) is 4. The highest BCUT2D eigenvalue weighted by molar-refractivity contribution is 5.54. The number of rotatable bonds is 16. The van der Waals surface area contributed by atoms with Crippen LogP contribution in [0.3, 0.4) is 0 Å². The fourth-order valence-electron chi connectivity index (χ4n) is 5.12. The van der Waals surface area contributed by atoms with Gasteiger partial charge in [0.25, 0.3) is 0 Å². The van der Waals surface area contributed by atoms with Gasteiger partial charge in [0.1, 0.15) is 23.0 Å². The standard InChI is InChI=1S/C36H44N2O2/c1-2-3-4-5-6-7-8-9-10-15-32(28-20-24-30(25-21-28)39-35-18-13-11-16-33(35)37)29-22-26-31(27-23-29)40-36-19-14-12-17-34(36)38/h11-14,16-27,32H,2-10,15,37-38H2,1H3. The number of hydrogen-bond donors (Lipinski definition) is 2. The first-order chi connectivity index (χ1) is 19.6. The van der Waals surface area contributed by atoms with Crippen molar-refractivity contribution in [3.63, 3.8) is 0 Å². The number of nitrogen functional groups attached to an aromatic ring is 2. The Balaban J connectivity index is 1.42. The van der Waals surface area contributed by atoms with E-state index in [1.165, 1.54) is 68.9 Å². The van der Waals surface area contributed by atoms with Crippen LogP contribution in [0.2, 0.25) is 0 Å². The van der Waals surface area contributed by atoms with E-state index in [4.69, 9.17) is 20.9 Å². The zero-order valence-electron chi connectivity index (χ0n) is 23.9. The second-order valence-corrected chi connectivity index (χ2v) is 10.6. The van der Waals surface area contributed by atoms with Crippen LogP contribution >= 0.6 is 0 Å². The van der Waals surface area contributed by atoms with Gasteiger partial charge in [-0.25, -0.2) is 0 Å². The van der Waals surface area contributed by atoms with Crippen molar-refractivity contribution in [3.8, 4) is 23.0 Å². The minimum atomic E-state index is 0.302. The smallest absolute Gasteiger partial charge is 0.150 e. The summed E-state index contributed by atoms with van der Waals surface area (Å²) in [4.78, 5) is 0. The largest absolute Gasteiger partial charge is 0.455 e. The molecule has 0 saturated heterocycles. The highest BCUT2D eigenvalue weighted by Crippen LogP contribution is 2.35. The van der Waals surface area contributed by atoms with Crippen LogP contribution in [0, 0.1) is 0 Å². The predicted octanol–water partition coefficient (Wildman–Crippen LogP) is 10.5. The molecule has 4 aromatic carbocycles. The average Bonchev–Trinajstić information content (AvgIpc) is 2.98. The first kappa shape index (κ1) is 29.1. The van der Waals surface area contributed by atoms with Crippen molar-refractivity contribution in [2.45, 2.75) is 77.0 Å². The van der Waals surface area contributed by atoms with E-state index in [1.807, 2.05) is 72.8 Å². The topological polar surface area (TPSA) is 70.5 Å². The monoisotopic (exact) mass is 536 g/mol. The van der Waals surface area contributed by atoms with Crippen molar-refractivity contribution in [3.05, 3.63) is 108 Å². The summed E-state index contributed by atoms with van der Waals surface area (Å²) in [5, 5.41) is 0. The number of anilines is 2. The Morgan fingerprint density at radius 1 is 0.500 bits per heavy atom. The lowest BCUT2D eigenvalue weighted by molar-refractivity contribution is 0.484. The number of nitrogens with two attached hydrogens (primary N) is 2. The quantitative estimate of drug-likeness (QED) is 0.110. The molecule has 0 aliphatic heterocycles.